The van der Waals surface area contributed by atoms with Gasteiger partial charge >= 0.3 is 5.97 Å². The lowest BCUT2D eigenvalue weighted by molar-refractivity contribution is -0.147. The predicted molar refractivity (Wildman–Crippen MR) is 62.6 cm³/mol. The van der Waals surface area contributed by atoms with E-state index < -0.39 is 0 Å². The van der Waals surface area contributed by atoms with Crippen LogP contribution in [-0.2, 0) is 9.53 Å². The van der Waals surface area contributed by atoms with E-state index >= 15 is 0 Å². The summed E-state index contributed by atoms with van der Waals surface area (Å²) in [6.45, 7) is 4.92. The van der Waals surface area contributed by atoms with Crippen LogP contribution in [0.5, 0.6) is 0 Å². The summed E-state index contributed by atoms with van der Waals surface area (Å²) in [5.74, 6) is -0.323. The molecule has 15 heavy (non-hydrogen) atoms. The van der Waals surface area contributed by atoms with Gasteiger partial charge in [0.1, 0.15) is 0 Å². The van der Waals surface area contributed by atoms with Crippen molar-refractivity contribution in [3.05, 3.63) is 0 Å². The van der Waals surface area contributed by atoms with Crippen molar-refractivity contribution in [2.75, 3.05) is 13.2 Å². The maximum atomic E-state index is 11.2. The van der Waals surface area contributed by atoms with E-state index in [-0.39, 0.29) is 11.9 Å². The van der Waals surface area contributed by atoms with Crippen LogP contribution in [0.1, 0.15) is 52.4 Å². The van der Waals surface area contributed by atoms with Gasteiger partial charge in [-0.25, -0.2) is 0 Å². The molecule has 0 amide bonds. The van der Waals surface area contributed by atoms with Crippen molar-refractivity contribution in [2.24, 2.45) is 11.7 Å². The topological polar surface area (TPSA) is 52.3 Å². The number of carbonyl (C=O) groups excluding carboxylic acids is 1. The van der Waals surface area contributed by atoms with Crippen LogP contribution in [0.15, 0.2) is 0 Å². The first-order chi connectivity index (χ1) is 7.22. The number of nitrogens with two attached hydrogens (primary N) is 1. The molecule has 0 aliphatic carbocycles. The Kier molecular flexibility index (Phi) is 9.59. The van der Waals surface area contributed by atoms with Crippen molar-refractivity contribution in [3.8, 4) is 0 Å². The van der Waals surface area contributed by atoms with Crippen LogP contribution in [-0.4, -0.2) is 19.1 Å². The molecule has 0 radical (unpaired) electrons. The van der Waals surface area contributed by atoms with E-state index in [9.17, 15) is 4.79 Å². The minimum Gasteiger partial charge on any atom is -0.465 e. The summed E-state index contributed by atoms with van der Waals surface area (Å²) in [5.41, 5.74) is 5.36. The molecule has 3 heteroatoms. The first kappa shape index (κ1) is 14.4. The van der Waals surface area contributed by atoms with Crippen LogP contribution in [0, 0.1) is 5.92 Å². The van der Waals surface area contributed by atoms with Crippen molar-refractivity contribution in [1.82, 2.24) is 0 Å². The van der Waals surface area contributed by atoms with Crippen LogP contribution in [0.4, 0.5) is 0 Å². The SMILES string of the molecule is CCCCCCCCOC(=O)[C@@H](C)CN. The summed E-state index contributed by atoms with van der Waals surface area (Å²) in [4.78, 5) is 11.2. The monoisotopic (exact) mass is 215 g/mol. The number of hydrogen-bond acceptors (Lipinski definition) is 3. The molecule has 0 aromatic carbocycles. The lowest BCUT2D eigenvalue weighted by Crippen LogP contribution is -2.23. The highest BCUT2D eigenvalue weighted by atomic mass is 16.5. The molecule has 0 saturated heterocycles. The Balaban J connectivity index is 3.20. The molecule has 90 valence electrons. The highest BCUT2D eigenvalue weighted by molar-refractivity contribution is 5.72. The summed E-state index contributed by atoms with van der Waals surface area (Å²) in [5, 5.41) is 0. The van der Waals surface area contributed by atoms with E-state index in [0.29, 0.717) is 13.2 Å². The van der Waals surface area contributed by atoms with Crippen molar-refractivity contribution in [3.63, 3.8) is 0 Å². The molecule has 1 atom stereocenters. The zero-order valence-corrected chi connectivity index (χ0v) is 10.1. The standard InChI is InChI=1S/C12H25NO2/c1-3-4-5-6-7-8-9-15-12(14)11(2)10-13/h11H,3-10,13H2,1-2H3/t11-/m0/s1. The Hall–Kier alpha value is -0.570. The van der Waals surface area contributed by atoms with Crippen LogP contribution in [0.25, 0.3) is 0 Å². The molecule has 2 N–H and O–H groups in total. The van der Waals surface area contributed by atoms with Gasteiger partial charge in [0.25, 0.3) is 0 Å². The molecule has 0 saturated carbocycles. The van der Waals surface area contributed by atoms with Gasteiger partial charge < -0.3 is 10.5 Å². The van der Waals surface area contributed by atoms with E-state index in [1.165, 1.54) is 25.7 Å². The zero-order valence-electron chi connectivity index (χ0n) is 10.1. The molecule has 0 spiro atoms. The van der Waals surface area contributed by atoms with Crippen LogP contribution < -0.4 is 5.73 Å². The van der Waals surface area contributed by atoms with Crippen LogP contribution >= 0.6 is 0 Å². The summed E-state index contributed by atoms with van der Waals surface area (Å²) in [6, 6.07) is 0. The third-order valence-corrected chi connectivity index (χ3v) is 2.50. The largest absolute Gasteiger partial charge is 0.465 e. The number of carbonyl (C=O) groups is 1. The Morgan fingerprint density at radius 2 is 1.80 bits per heavy atom. The smallest absolute Gasteiger partial charge is 0.309 e. The summed E-state index contributed by atoms with van der Waals surface area (Å²) in [6.07, 6.45) is 7.26. The van der Waals surface area contributed by atoms with E-state index in [4.69, 9.17) is 10.5 Å². The summed E-state index contributed by atoms with van der Waals surface area (Å²) >= 11 is 0. The van der Waals surface area contributed by atoms with Crippen LogP contribution in [0.3, 0.4) is 0 Å². The first-order valence-electron chi connectivity index (χ1n) is 6.09. The highest BCUT2D eigenvalue weighted by Crippen LogP contribution is 2.05. The second kappa shape index (κ2) is 9.97. The fraction of sp³-hybridized carbons (Fsp3) is 0.917. The quantitative estimate of drug-likeness (QED) is 0.475. The predicted octanol–water partition coefficient (Wildman–Crippen LogP) is 2.48. The molecular weight excluding hydrogens is 190 g/mol. The molecule has 0 heterocycles. The summed E-state index contributed by atoms with van der Waals surface area (Å²) < 4.78 is 5.08. The lowest BCUT2D eigenvalue weighted by atomic mass is 10.1. The second-order valence-electron chi connectivity index (χ2n) is 4.07. The minimum atomic E-state index is -0.162. The molecule has 0 aromatic rings. The molecule has 0 aliphatic rings. The van der Waals surface area contributed by atoms with E-state index in [1.807, 2.05) is 0 Å². The van der Waals surface area contributed by atoms with Gasteiger partial charge in [-0.1, -0.05) is 46.0 Å². The van der Waals surface area contributed by atoms with Gasteiger partial charge in [0.2, 0.25) is 0 Å². The van der Waals surface area contributed by atoms with E-state index in [2.05, 4.69) is 6.92 Å². The Labute approximate surface area is 93.4 Å². The Bertz CT molecular complexity index is 160. The third-order valence-electron chi connectivity index (χ3n) is 2.50. The number of hydrogen-bond donors (Lipinski definition) is 1. The molecule has 0 rings (SSSR count). The number of esters is 1. The van der Waals surface area contributed by atoms with Gasteiger partial charge in [0.05, 0.1) is 12.5 Å². The second-order valence-corrected chi connectivity index (χ2v) is 4.07. The fourth-order valence-corrected chi connectivity index (χ4v) is 1.29. The van der Waals surface area contributed by atoms with E-state index in [1.54, 1.807) is 6.92 Å². The van der Waals surface area contributed by atoms with Crippen molar-refractivity contribution < 1.29 is 9.53 Å². The average molecular weight is 215 g/mol. The van der Waals surface area contributed by atoms with Crippen molar-refractivity contribution >= 4 is 5.97 Å². The summed E-state index contributed by atoms with van der Waals surface area (Å²) in [7, 11) is 0. The molecule has 3 nitrogen and oxygen atoms in total. The van der Waals surface area contributed by atoms with Gasteiger partial charge in [0.15, 0.2) is 0 Å². The van der Waals surface area contributed by atoms with Gasteiger partial charge in [0, 0.05) is 6.54 Å². The molecule has 0 fully saturated rings. The molecular formula is C12H25NO2. The molecule has 0 bridgehead atoms. The van der Waals surface area contributed by atoms with Crippen LogP contribution in [0.2, 0.25) is 0 Å². The van der Waals surface area contributed by atoms with Gasteiger partial charge in [-0.3, -0.25) is 4.79 Å². The van der Waals surface area contributed by atoms with Gasteiger partial charge in [-0.05, 0) is 6.42 Å². The molecule has 0 aromatic heterocycles. The fourth-order valence-electron chi connectivity index (χ4n) is 1.29. The Morgan fingerprint density at radius 1 is 1.20 bits per heavy atom. The van der Waals surface area contributed by atoms with Gasteiger partial charge in [-0.2, -0.15) is 0 Å². The Morgan fingerprint density at radius 3 is 2.40 bits per heavy atom. The first-order valence-corrected chi connectivity index (χ1v) is 6.09. The number of ether oxygens (including phenoxy) is 1. The van der Waals surface area contributed by atoms with Crippen molar-refractivity contribution in [1.29, 1.82) is 0 Å². The number of rotatable bonds is 9. The lowest BCUT2D eigenvalue weighted by Gasteiger charge is -2.08. The normalized spacial score (nSPS) is 12.5. The van der Waals surface area contributed by atoms with Gasteiger partial charge in [-0.15, -0.1) is 0 Å². The zero-order chi connectivity index (χ0) is 11.5. The molecule has 0 unspecified atom stereocenters. The average Bonchev–Trinajstić information content (AvgIpc) is 2.26. The maximum Gasteiger partial charge on any atom is 0.309 e. The third kappa shape index (κ3) is 8.43. The van der Waals surface area contributed by atoms with E-state index in [0.717, 1.165) is 12.8 Å². The van der Waals surface area contributed by atoms with Crippen molar-refractivity contribution in [2.45, 2.75) is 52.4 Å². The highest BCUT2D eigenvalue weighted by Gasteiger charge is 2.11. The molecule has 0 aliphatic heterocycles. The number of unbranched alkanes of at least 4 members (excludes halogenated alkanes) is 5. The minimum absolute atomic E-state index is 0.161. The maximum absolute atomic E-state index is 11.2.